The third kappa shape index (κ3) is 5.18. The van der Waals surface area contributed by atoms with Gasteiger partial charge in [-0.1, -0.05) is 11.6 Å². The highest BCUT2D eigenvalue weighted by Crippen LogP contribution is 2.20. The number of ether oxygens (including phenoxy) is 2. The molecule has 0 aliphatic carbocycles. The average Bonchev–Trinajstić information content (AvgIpc) is 2.58. The van der Waals surface area contributed by atoms with Crippen molar-refractivity contribution in [1.29, 1.82) is 0 Å². The first-order valence-electron chi connectivity index (χ1n) is 8.09. The number of carbonyl (C=O) groups is 1. The minimum atomic E-state index is -3.48. The molecule has 2 aromatic rings. The van der Waals surface area contributed by atoms with Crippen LogP contribution in [0.4, 0.5) is 0 Å². The molecule has 0 spiro atoms. The second kappa shape index (κ2) is 8.69. The molecule has 0 aliphatic heterocycles. The Morgan fingerprint density at radius 3 is 2.33 bits per heavy atom. The lowest BCUT2D eigenvalue weighted by molar-refractivity contribution is 0.0449. The van der Waals surface area contributed by atoms with Gasteiger partial charge in [0, 0.05) is 19.8 Å². The van der Waals surface area contributed by atoms with Crippen molar-refractivity contribution in [2.24, 2.45) is 0 Å². The van der Waals surface area contributed by atoms with Gasteiger partial charge in [0.15, 0.2) is 0 Å². The molecule has 0 unspecified atom stereocenters. The summed E-state index contributed by atoms with van der Waals surface area (Å²) >= 11 is 6.02. The van der Waals surface area contributed by atoms with E-state index in [4.69, 9.17) is 21.1 Å². The first-order chi connectivity index (χ1) is 12.6. The van der Waals surface area contributed by atoms with Crippen molar-refractivity contribution in [3.05, 3.63) is 52.3 Å². The summed E-state index contributed by atoms with van der Waals surface area (Å²) in [6.07, 6.45) is 0. The number of halogens is 1. The number of hydrogen-bond acceptors (Lipinski definition) is 6. The summed E-state index contributed by atoms with van der Waals surface area (Å²) in [7, 11) is -0.554. The van der Waals surface area contributed by atoms with Crippen LogP contribution in [0, 0.1) is 13.8 Å². The van der Waals surface area contributed by atoms with Gasteiger partial charge in [-0.2, -0.15) is 0 Å². The zero-order valence-electron chi connectivity index (χ0n) is 15.5. The van der Waals surface area contributed by atoms with Gasteiger partial charge in [-0.05, 0) is 49.7 Å². The Kier molecular flexibility index (Phi) is 6.80. The quantitative estimate of drug-likeness (QED) is 0.395. The summed E-state index contributed by atoms with van der Waals surface area (Å²) in [6.45, 7) is 3.68. The highest BCUT2D eigenvalue weighted by molar-refractivity contribution is 7.89. The Labute approximate surface area is 163 Å². The molecule has 0 amide bonds. The van der Waals surface area contributed by atoms with E-state index in [1.54, 1.807) is 32.0 Å². The maximum absolute atomic E-state index is 12.2. The highest BCUT2D eigenvalue weighted by atomic mass is 35.5. The number of benzene rings is 1. The van der Waals surface area contributed by atoms with Gasteiger partial charge >= 0.3 is 5.97 Å². The molecule has 7 nitrogen and oxygen atoms in total. The van der Waals surface area contributed by atoms with Gasteiger partial charge in [-0.25, -0.2) is 22.5 Å². The molecular formula is C18H21ClN2O5S. The molecule has 0 aliphatic rings. The Morgan fingerprint density at radius 2 is 1.78 bits per heavy atom. The summed E-state index contributed by atoms with van der Waals surface area (Å²) in [6, 6.07) is 7.75. The van der Waals surface area contributed by atoms with Gasteiger partial charge in [0.05, 0.1) is 10.5 Å². The van der Waals surface area contributed by atoms with Crippen LogP contribution in [-0.2, 0) is 14.8 Å². The molecule has 0 bridgehead atoms. The van der Waals surface area contributed by atoms with E-state index in [1.807, 2.05) is 0 Å². The van der Waals surface area contributed by atoms with Crippen LogP contribution in [0.1, 0.15) is 21.6 Å². The minimum absolute atomic E-state index is 0.0141. The number of sulfonamides is 1. The molecule has 27 heavy (non-hydrogen) atoms. The van der Waals surface area contributed by atoms with Crippen LogP contribution in [0.3, 0.4) is 0 Å². The lowest BCUT2D eigenvalue weighted by Crippen LogP contribution is -2.22. The predicted octanol–water partition coefficient (Wildman–Crippen LogP) is 2.84. The van der Waals surface area contributed by atoms with Gasteiger partial charge in [0.1, 0.15) is 24.1 Å². The number of esters is 1. The molecule has 0 atom stereocenters. The lowest BCUT2D eigenvalue weighted by Gasteiger charge is -2.12. The lowest BCUT2D eigenvalue weighted by atomic mass is 10.1. The van der Waals surface area contributed by atoms with Gasteiger partial charge < -0.3 is 9.47 Å². The van der Waals surface area contributed by atoms with E-state index in [0.717, 1.165) is 10.00 Å². The normalized spacial score (nSPS) is 11.5. The topological polar surface area (TPSA) is 85.8 Å². The van der Waals surface area contributed by atoms with E-state index in [9.17, 15) is 13.2 Å². The molecule has 9 heteroatoms. The Morgan fingerprint density at radius 1 is 1.15 bits per heavy atom. The summed E-state index contributed by atoms with van der Waals surface area (Å²) in [5, 5.41) is 0.108. The molecule has 0 fully saturated rings. The van der Waals surface area contributed by atoms with Crippen LogP contribution in [0.2, 0.25) is 5.15 Å². The second-order valence-corrected chi connectivity index (χ2v) is 8.50. The number of pyridine rings is 1. The highest BCUT2D eigenvalue weighted by Gasteiger charge is 2.18. The van der Waals surface area contributed by atoms with Crippen LogP contribution in [0.5, 0.6) is 5.75 Å². The summed E-state index contributed by atoms with van der Waals surface area (Å²) in [5.41, 5.74) is 1.65. The van der Waals surface area contributed by atoms with Crippen LogP contribution < -0.4 is 4.74 Å². The number of nitrogens with zero attached hydrogens (tertiary/aromatic N) is 2. The van der Waals surface area contributed by atoms with E-state index >= 15 is 0 Å². The molecule has 2 rings (SSSR count). The number of carbonyl (C=O) groups excluding carboxylic acids is 1. The third-order valence-electron chi connectivity index (χ3n) is 3.69. The molecule has 0 N–H and O–H groups in total. The van der Waals surface area contributed by atoms with Gasteiger partial charge in [-0.3, -0.25) is 0 Å². The van der Waals surface area contributed by atoms with E-state index in [2.05, 4.69) is 4.98 Å². The zero-order valence-corrected chi connectivity index (χ0v) is 17.1. The standard InChI is InChI=1S/C18H21ClN2O5S/c1-12-11-13(2)20-17(19)16(12)18(22)26-10-9-25-14-5-7-15(8-6-14)27(23,24)21(3)4/h5-8,11H,9-10H2,1-4H3. The van der Waals surface area contributed by atoms with Gasteiger partial charge in [0.2, 0.25) is 10.0 Å². The maximum Gasteiger partial charge on any atom is 0.341 e. The Balaban J connectivity index is 1.90. The molecule has 146 valence electrons. The number of aryl methyl sites for hydroxylation is 2. The molecule has 1 aromatic carbocycles. The van der Waals surface area contributed by atoms with E-state index in [1.165, 1.54) is 26.2 Å². The molecule has 0 saturated carbocycles. The monoisotopic (exact) mass is 412 g/mol. The molecule has 0 radical (unpaired) electrons. The van der Waals surface area contributed by atoms with E-state index in [-0.39, 0.29) is 28.8 Å². The zero-order chi connectivity index (χ0) is 20.2. The maximum atomic E-state index is 12.2. The van der Waals surface area contributed by atoms with Crippen LogP contribution >= 0.6 is 11.6 Å². The van der Waals surface area contributed by atoms with Gasteiger partial charge in [-0.15, -0.1) is 0 Å². The summed E-state index contributed by atoms with van der Waals surface area (Å²) in [4.78, 5) is 16.4. The van der Waals surface area contributed by atoms with Crippen LogP contribution in [0.25, 0.3) is 0 Å². The molecule has 1 heterocycles. The van der Waals surface area contributed by atoms with Crippen molar-refractivity contribution in [3.63, 3.8) is 0 Å². The average molecular weight is 413 g/mol. The summed E-state index contributed by atoms with van der Waals surface area (Å²) in [5.74, 6) is -0.101. The van der Waals surface area contributed by atoms with Crippen molar-refractivity contribution in [1.82, 2.24) is 9.29 Å². The smallest absolute Gasteiger partial charge is 0.341 e. The molecule has 1 aromatic heterocycles. The SMILES string of the molecule is Cc1cc(C)c(C(=O)OCCOc2ccc(S(=O)(=O)N(C)C)cc2)c(Cl)n1. The van der Waals surface area contributed by atoms with Crippen molar-refractivity contribution in [3.8, 4) is 5.75 Å². The largest absolute Gasteiger partial charge is 0.490 e. The van der Waals surface area contributed by atoms with E-state index < -0.39 is 16.0 Å². The Hall–Kier alpha value is -2.16. The van der Waals surface area contributed by atoms with Crippen LogP contribution in [0.15, 0.2) is 35.2 Å². The minimum Gasteiger partial charge on any atom is -0.490 e. The van der Waals surface area contributed by atoms with Crippen molar-refractivity contribution >= 4 is 27.6 Å². The van der Waals surface area contributed by atoms with Crippen LogP contribution in [-0.4, -0.2) is 51.0 Å². The van der Waals surface area contributed by atoms with Crippen molar-refractivity contribution in [2.75, 3.05) is 27.3 Å². The number of hydrogen-bond donors (Lipinski definition) is 0. The Bertz CT molecular complexity index is 904. The van der Waals surface area contributed by atoms with Crippen molar-refractivity contribution < 1.29 is 22.7 Å². The molecule has 0 saturated heterocycles. The first kappa shape index (κ1) is 21.1. The first-order valence-corrected chi connectivity index (χ1v) is 9.91. The predicted molar refractivity (Wildman–Crippen MR) is 102 cm³/mol. The second-order valence-electron chi connectivity index (χ2n) is 5.99. The third-order valence-corrected chi connectivity index (χ3v) is 5.80. The van der Waals surface area contributed by atoms with E-state index in [0.29, 0.717) is 11.3 Å². The fourth-order valence-corrected chi connectivity index (χ4v) is 3.58. The fourth-order valence-electron chi connectivity index (χ4n) is 2.32. The molecular weight excluding hydrogens is 392 g/mol. The van der Waals surface area contributed by atoms with Gasteiger partial charge in [0.25, 0.3) is 0 Å². The number of rotatable bonds is 7. The summed E-state index contributed by atoms with van der Waals surface area (Å²) < 4.78 is 35.8. The number of aromatic nitrogens is 1. The van der Waals surface area contributed by atoms with Crippen molar-refractivity contribution in [2.45, 2.75) is 18.7 Å². The fraction of sp³-hybridized carbons (Fsp3) is 0.333.